The van der Waals surface area contributed by atoms with Gasteiger partial charge in [0.1, 0.15) is 0 Å². The fourth-order valence-corrected chi connectivity index (χ4v) is 2.99. The first-order chi connectivity index (χ1) is 11.7. The van der Waals surface area contributed by atoms with Gasteiger partial charge in [0, 0.05) is 39.3 Å². The van der Waals surface area contributed by atoms with Crippen molar-refractivity contribution in [2.75, 3.05) is 46.3 Å². The number of benzene rings is 1. The molecule has 0 amide bonds. The molecule has 0 unspecified atom stereocenters. The minimum Gasteiger partial charge on any atom is -0.303 e. The second-order valence-electron chi connectivity index (χ2n) is 7.05. The smallest absolute Gasteiger partial charge is 0.0542 e. The van der Waals surface area contributed by atoms with Crippen molar-refractivity contribution in [1.29, 1.82) is 0 Å². The van der Waals surface area contributed by atoms with Crippen molar-refractivity contribution < 1.29 is 0 Å². The number of hydrogen-bond acceptors (Lipinski definition) is 5. The summed E-state index contributed by atoms with van der Waals surface area (Å²) in [4.78, 5) is 2.34. The van der Waals surface area contributed by atoms with Crippen molar-refractivity contribution in [3.63, 3.8) is 0 Å². The maximum Gasteiger partial charge on any atom is 0.0542 e. The molecule has 2 fully saturated rings. The summed E-state index contributed by atoms with van der Waals surface area (Å²) in [6.07, 6.45) is 6.42. The van der Waals surface area contributed by atoms with Gasteiger partial charge in [-0.15, -0.1) is 0 Å². The number of nitrogens with zero attached hydrogens (tertiary/aromatic N) is 5. The average molecular weight is 327 g/mol. The molecule has 0 radical (unpaired) electrons. The molecule has 2 aliphatic heterocycles. The van der Waals surface area contributed by atoms with Gasteiger partial charge in [-0.1, -0.05) is 31.2 Å². The van der Waals surface area contributed by atoms with Crippen LogP contribution in [0.15, 0.2) is 34.5 Å². The van der Waals surface area contributed by atoms with Crippen molar-refractivity contribution in [3.05, 3.63) is 35.4 Å². The largest absolute Gasteiger partial charge is 0.303 e. The molecule has 3 rings (SSSR count). The van der Waals surface area contributed by atoms with E-state index < -0.39 is 0 Å². The van der Waals surface area contributed by atoms with E-state index in [2.05, 4.69) is 63.4 Å². The van der Waals surface area contributed by atoms with Crippen molar-refractivity contribution in [1.82, 2.24) is 14.9 Å². The lowest BCUT2D eigenvalue weighted by Gasteiger charge is -2.30. The Balaban J connectivity index is 1.50. The first-order valence-corrected chi connectivity index (χ1v) is 9.05. The molecule has 24 heavy (non-hydrogen) atoms. The van der Waals surface area contributed by atoms with E-state index in [-0.39, 0.29) is 0 Å². The standard InChI is InChI=1S/C19H29N5/c1-17-7-9-23(10-8-17)20-15-18-3-5-19(6-4-18)16-21-24-13-11-22(2)12-14-24/h3-6,15-17H,7-14H2,1-2H3/b20-15+,21-16+. The van der Waals surface area contributed by atoms with Crippen LogP contribution in [0.5, 0.6) is 0 Å². The number of hydrogen-bond donors (Lipinski definition) is 0. The summed E-state index contributed by atoms with van der Waals surface area (Å²) in [5, 5.41) is 13.5. The first-order valence-electron chi connectivity index (χ1n) is 9.05. The van der Waals surface area contributed by atoms with Gasteiger partial charge >= 0.3 is 0 Å². The minimum absolute atomic E-state index is 0.843. The maximum absolute atomic E-state index is 4.61. The number of rotatable bonds is 4. The van der Waals surface area contributed by atoms with Crippen LogP contribution in [0.1, 0.15) is 30.9 Å². The van der Waals surface area contributed by atoms with Crippen molar-refractivity contribution in [2.45, 2.75) is 19.8 Å². The summed E-state index contributed by atoms with van der Waals surface area (Å²) in [6, 6.07) is 8.45. The first kappa shape index (κ1) is 17.0. The van der Waals surface area contributed by atoms with Crippen LogP contribution < -0.4 is 0 Å². The molecule has 1 aromatic rings. The summed E-state index contributed by atoms with van der Waals surface area (Å²) in [5.41, 5.74) is 2.28. The maximum atomic E-state index is 4.61. The van der Waals surface area contributed by atoms with Crippen LogP contribution in [0.4, 0.5) is 0 Å². The summed E-state index contributed by atoms with van der Waals surface area (Å²) < 4.78 is 0. The van der Waals surface area contributed by atoms with Crippen LogP contribution in [-0.2, 0) is 0 Å². The summed E-state index contributed by atoms with van der Waals surface area (Å²) >= 11 is 0. The van der Waals surface area contributed by atoms with Gasteiger partial charge in [-0.25, -0.2) is 0 Å². The molecule has 5 nitrogen and oxygen atoms in total. The molecule has 1 aromatic carbocycles. The lowest BCUT2D eigenvalue weighted by atomic mass is 10.0. The molecule has 0 aliphatic carbocycles. The van der Waals surface area contributed by atoms with Crippen LogP contribution in [0.3, 0.4) is 0 Å². The van der Waals surface area contributed by atoms with E-state index in [0.717, 1.165) is 56.3 Å². The van der Waals surface area contributed by atoms with Gasteiger partial charge < -0.3 is 4.90 Å². The van der Waals surface area contributed by atoms with E-state index in [1.54, 1.807) is 0 Å². The Morgan fingerprint density at radius 2 is 1.25 bits per heavy atom. The molecule has 2 saturated heterocycles. The third-order valence-electron chi connectivity index (χ3n) is 4.92. The highest BCUT2D eigenvalue weighted by Gasteiger charge is 2.13. The van der Waals surface area contributed by atoms with E-state index in [1.807, 2.05) is 12.4 Å². The van der Waals surface area contributed by atoms with Gasteiger partial charge in [-0.3, -0.25) is 10.0 Å². The number of hydrazone groups is 2. The van der Waals surface area contributed by atoms with E-state index in [4.69, 9.17) is 0 Å². The zero-order valence-electron chi connectivity index (χ0n) is 14.9. The fourth-order valence-electron chi connectivity index (χ4n) is 2.99. The Labute approximate surface area is 145 Å². The van der Waals surface area contributed by atoms with Crippen LogP contribution in [0.2, 0.25) is 0 Å². The van der Waals surface area contributed by atoms with Crippen LogP contribution in [-0.4, -0.2) is 73.7 Å². The Morgan fingerprint density at radius 3 is 1.75 bits per heavy atom. The number of piperidine rings is 1. The molecule has 0 bridgehead atoms. The van der Waals surface area contributed by atoms with Gasteiger partial charge in [-0.05, 0) is 36.9 Å². The minimum atomic E-state index is 0.843. The Kier molecular flexibility index (Phi) is 5.86. The zero-order chi connectivity index (χ0) is 16.8. The highest BCUT2D eigenvalue weighted by Crippen LogP contribution is 2.15. The second kappa shape index (κ2) is 8.29. The van der Waals surface area contributed by atoms with Crippen LogP contribution in [0.25, 0.3) is 0 Å². The van der Waals surface area contributed by atoms with Crippen molar-refractivity contribution in [2.24, 2.45) is 16.1 Å². The fraction of sp³-hybridized carbons (Fsp3) is 0.579. The SMILES string of the molecule is CC1CCN(/N=C/c2ccc(/C=N/N3CCN(C)CC3)cc2)CC1. The highest BCUT2D eigenvalue weighted by molar-refractivity contribution is 5.83. The molecule has 0 saturated carbocycles. The Bertz CT molecular complexity index is 499. The molecule has 5 heteroatoms. The number of piperazine rings is 1. The monoisotopic (exact) mass is 327 g/mol. The normalized spacial score (nSPS) is 21.2. The van der Waals surface area contributed by atoms with E-state index in [9.17, 15) is 0 Å². The molecule has 0 atom stereocenters. The molecule has 2 aliphatic rings. The van der Waals surface area contributed by atoms with Crippen LogP contribution >= 0.6 is 0 Å². The van der Waals surface area contributed by atoms with Crippen molar-refractivity contribution >= 4 is 12.4 Å². The predicted molar refractivity (Wildman–Crippen MR) is 101 cm³/mol. The molecule has 2 heterocycles. The molecular formula is C19H29N5. The molecule has 0 spiro atoms. The van der Waals surface area contributed by atoms with Gasteiger partial charge in [0.15, 0.2) is 0 Å². The summed E-state index contributed by atoms with van der Waals surface area (Å²) in [5.74, 6) is 0.843. The van der Waals surface area contributed by atoms with Gasteiger partial charge in [-0.2, -0.15) is 10.2 Å². The molecule has 130 valence electrons. The lowest BCUT2D eigenvalue weighted by molar-refractivity contribution is 0.159. The zero-order valence-corrected chi connectivity index (χ0v) is 14.9. The Morgan fingerprint density at radius 1 is 0.792 bits per heavy atom. The van der Waals surface area contributed by atoms with E-state index in [1.165, 1.54) is 12.8 Å². The molecular weight excluding hydrogens is 298 g/mol. The van der Waals surface area contributed by atoms with Gasteiger partial charge in [0.2, 0.25) is 0 Å². The summed E-state index contributed by atoms with van der Waals surface area (Å²) in [6.45, 7) is 8.66. The van der Waals surface area contributed by atoms with E-state index >= 15 is 0 Å². The Hall–Kier alpha value is -1.88. The topological polar surface area (TPSA) is 34.4 Å². The molecule has 0 N–H and O–H groups in total. The molecule has 0 aromatic heterocycles. The van der Waals surface area contributed by atoms with Crippen molar-refractivity contribution in [3.8, 4) is 0 Å². The summed E-state index contributed by atoms with van der Waals surface area (Å²) in [7, 11) is 2.16. The van der Waals surface area contributed by atoms with E-state index in [0.29, 0.717) is 0 Å². The number of likely N-dealkylation sites (N-methyl/N-ethyl adjacent to an activating group) is 1. The second-order valence-corrected chi connectivity index (χ2v) is 7.05. The predicted octanol–water partition coefficient (Wildman–Crippen LogP) is 2.33. The van der Waals surface area contributed by atoms with Crippen LogP contribution in [0, 0.1) is 5.92 Å². The van der Waals surface area contributed by atoms with Gasteiger partial charge in [0.25, 0.3) is 0 Å². The average Bonchev–Trinajstić information content (AvgIpc) is 2.62. The quantitative estimate of drug-likeness (QED) is 0.796. The van der Waals surface area contributed by atoms with Gasteiger partial charge in [0.05, 0.1) is 12.4 Å². The highest BCUT2D eigenvalue weighted by atomic mass is 15.5. The lowest BCUT2D eigenvalue weighted by Crippen LogP contribution is -2.41. The third-order valence-corrected chi connectivity index (χ3v) is 4.92. The third kappa shape index (κ3) is 5.06.